The standard InChI is InChI=1S/C13H13F3N2O3/c14-13(15,16)8-3-5-9(6-4-8)17-12(21)18-7-1-2-10(18)11(19)20/h3-6,10H,1-2,7H2,(H,17,21)(H,19,20)/t10-/m0/s1. The summed E-state index contributed by atoms with van der Waals surface area (Å²) in [7, 11) is 0. The normalized spacial score (nSPS) is 18.6. The maximum Gasteiger partial charge on any atom is 0.416 e. The third kappa shape index (κ3) is 3.45. The number of halogens is 3. The lowest BCUT2D eigenvalue weighted by Crippen LogP contribution is -2.42. The molecule has 1 fully saturated rings. The second-order valence-corrected chi connectivity index (χ2v) is 4.69. The number of nitrogens with zero attached hydrogens (tertiary/aromatic N) is 1. The summed E-state index contributed by atoms with van der Waals surface area (Å²) in [5.41, 5.74) is -0.630. The molecule has 1 atom stereocenters. The van der Waals surface area contributed by atoms with Gasteiger partial charge in [0.25, 0.3) is 0 Å². The fraction of sp³-hybridized carbons (Fsp3) is 0.385. The first-order valence-corrected chi connectivity index (χ1v) is 6.27. The summed E-state index contributed by atoms with van der Waals surface area (Å²) in [5.74, 6) is -1.09. The number of nitrogens with one attached hydrogen (secondary N) is 1. The number of carboxylic acids is 1. The van der Waals surface area contributed by atoms with Gasteiger partial charge in [-0.3, -0.25) is 0 Å². The van der Waals surface area contributed by atoms with Crippen molar-refractivity contribution in [1.29, 1.82) is 0 Å². The molecule has 21 heavy (non-hydrogen) atoms. The molecule has 2 N–H and O–H groups in total. The number of carboxylic acid groups (broad SMARTS) is 1. The molecule has 1 aromatic rings. The molecule has 2 rings (SSSR count). The monoisotopic (exact) mass is 302 g/mol. The minimum Gasteiger partial charge on any atom is -0.480 e. The highest BCUT2D eigenvalue weighted by atomic mass is 19.4. The Hall–Kier alpha value is -2.25. The average Bonchev–Trinajstić information content (AvgIpc) is 2.87. The molecule has 2 amide bonds. The van der Waals surface area contributed by atoms with Crippen molar-refractivity contribution in [2.75, 3.05) is 11.9 Å². The van der Waals surface area contributed by atoms with Crippen LogP contribution in [0.25, 0.3) is 0 Å². The molecule has 0 radical (unpaired) electrons. The molecule has 0 bridgehead atoms. The van der Waals surface area contributed by atoms with Gasteiger partial charge in [0.2, 0.25) is 0 Å². The van der Waals surface area contributed by atoms with Gasteiger partial charge < -0.3 is 15.3 Å². The van der Waals surface area contributed by atoms with Gasteiger partial charge >= 0.3 is 18.2 Å². The number of likely N-dealkylation sites (tertiary alicyclic amines) is 1. The Morgan fingerprint density at radius 2 is 1.86 bits per heavy atom. The van der Waals surface area contributed by atoms with Crippen molar-refractivity contribution >= 4 is 17.7 Å². The van der Waals surface area contributed by atoms with E-state index >= 15 is 0 Å². The van der Waals surface area contributed by atoms with E-state index in [0.717, 1.165) is 24.3 Å². The van der Waals surface area contributed by atoms with Crippen molar-refractivity contribution in [3.63, 3.8) is 0 Å². The molecule has 0 saturated carbocycles. The summed E-state index contributed by atoms with van der Waals surface area (Å²) in [5, 5.41) is 11.4. The van der Waals surface area contributed by atoms with Crippen molar-refractivity contribution in [2.45, 2.75) is 25.1 Å². The summed E-state index contributed by atoms with van der Waals surface area (Å²) < 4.78 is 37.2. The van der Waals surface area contributed by atoms with Crippen LogP contribution >= 0.6 is 0 Å². The zero-order valence-corrected chi connectivity index (χ0v) is 10.9. The number of aliphatic carboxylic acids is 1. The topological polar surface area (TPSA) is 69.6 Å². The van der Waals surface area contributed by atoms with Gasteiger partial charge in [0.15, 0.2) is 0 Å². The molecule has 0 aromatic heterocycles. The average molecular weight is 302 g/mol. The van der Waals surface area contributed by atoms with E-state index in [4.69, 9.17) is 5.11 Å². The number of anilines is 1. The molecule has 1 saturated heterocycles. The van der Waals surface area contributed by atoms with Crippen LogP contribution in [0.3, 0.4) is 0 Å². The van der Waals surface area contributed by atoms with Crippen molar-refractivity contribution in [3.05, 3.63) is 29.8 Å². The van der Waals surface area contributed by atoms with Gasteiger partial charge in [0.05, 0.1) is 5.56 Å². The molecule has 1 heterocycles. The van der Waals surface area contributed by atoms with E-state index in [1.54, 1.807) is 0 Å². The second-order valence-electron chi connectivity index (χ2n) is 4.69. The highest BCUT2D eigenvalue weighted by Crippen LogP contribution is 2.30. The predicted molar refractivity (Wildman–Crippen MR) is 67.8 cm³/mol. The SMILES string of the molecule is O=C(O)[C@@H]1CCCN1C(=O)Nc1ccc(C(F)(F)F)cc1. The Morgan fingerprint density at radius 3 is 2.38 bits per heavy atom. The van der Waals surface area contributed by atoms with E-state index in [1.165, 1.54) is 4.90 Å². The molecule has 1 aromatic carbocycles. The van der Waals surface area contributed by atoms with Crippen LogP contribution in [0.15, 0.2) is 24.3 Å². The van der Waals surface area contributed by atoms with Crippen molar-refractivity contribution in [2.24, 2.45) is 0 Å². The number of amides is 2. The third-order valence-corrected chi connectivity index (χ3v) is 3.26. The lowest BCUT2D eigenvalue weighted by molar-refractivity contribution is -0.141. The smallest absolute Gasteiger partial charge is 0.416 e. The van der Waals surface area contributed by atoms with Crippen LogP contribution in [0, 0.1) is 0 Å². The summed E-state index contributed by atoms with van der Waals surface area (Å²) in [6.07, 6.45) is -3.49. The maximum atomic E-state index is 12.4. The lowest BCUT2D eigenvalue weighted by Gasteiger charge is -2.21. The van der Waals surface area contributed by atoms with Crippen LogP contribution in [-0.4, -0.2) is 34.6 Å². The highest BCUT2D eigenvalue weighted by Gasteiger charge is 2.34. The molecule has 114 valence electrons. The molecule has 0 unspecified atom stereocenters. The van der Waals surface area contributed by atoms with Crippen molar-refractivity contribution in [3.8, 4) is 0 Å². The van der Waals surface area contributed by atoms with Crippen molar-refractivity contribution in [1.82, 2.24) is 4.90 Å². The maximum absolute atomic E-state index is 12.4. The summed E-state index contributed by atoms with van der Waals surface area (Å²) in [6, 6.07) is 2.46. The molecular weight excluding hydrogens is 289 g/mol. The van der Waals surface area contributed by atoms with E-state index in [1.807, 2.05) is 0 Å². The first-order chi connectivity index (χ1) is 9.79. The molecule has 1 aliphatic rings. The molecule has 0 spiro atoms. The molecule has 5 nitrogen and oxygen atoms in total. The number of urea groups is 1. The Morgan fingerprint density at radius 1 is 1.24 bits per heavy atom. The Kier molecular flexibility index (Phi) is 4.06. The number of rotatable bonds is 2. The predicted octanol–water partition coefficient (Wildman–Crippen LogP) is 2.79. The van der Waals surface area contributed by atoms with Gasteiger partial charge in [-0.1, -0.05) is 0 Å². The Labute approximate surface area is 118 Å². The van der Waals surface area contributed by atoms with E-state index in [9.17, 15) is 22.8 Å². The van der Waals surface area contributed by atoms with Gasteiger partial charge in [-0.2, -0.15) is 13.2 Å². The molecule has 8 heteroatoms. The quantitative estimate of drug-likeness (QED) is 0.882. The van der Waals surface area contributed by atoms with Crippen LogP contribution in [0.1, 0.15) is 18.4 Å². The largest absolute Gasteiger partial charge is 0.480 e. The minimum absolute atomic E-state index is 0.184. The lowest BCUT2D eigenvalue weighted by atomic mass is 10.2. The number of hydrogen-bond donors (Lipinski definition) is 2. The fourth-order valence-electron chi connectivity index (χ4n) is 2.20. The number of benzene rings is 1. The molecular formula is C13H13F3N2O3. The third-order valence-electron chi connectivity index (χ3n) is 3.26. The summed E-state index contributed by atoms with van der Waals surface area (Å²) in [4.78, 5) is 24.1. The molecule has 0 aliphatic carbocycles. The first kappa shape index (κ1) is 15.1. The second kappa shape index (κ2) is 5.63. The van der Waals surface area contributed by atoms with Crippen LogP contribution < -0.4 is 5.32 Å². The summed E-state index contributed by atoms with van der Waals surface area (Å²) >= 11 is 0. The van der Waals surface area contributed by atoms with Crippen LogP contribution in [-0.2, 0) is 11.0 Å². The van der Waals surface area contributed by atoms with E-state index < -0.39 is 29.8 Å². The van der Waals surface area contributed by atoms with Gasteiger partial charge in [0.1, 0.15) is 6.04 Å². The number of carbonyl (C=O) groups excluding carboxylic acids is 1. The van der Waals surface area contributed by atoms with E-state index in [0.29, 0.717) is 19.4 Å². The highest BCUT2D eigenvalue weighted by molar-refractivity contribution is 5.92. The van der Waals surface area contributed by atoms with Gasteiger partial charge in [-0.25, -0.2) is 9.59 Å². The Bertz CT molecular complexity index is 543. The number of carbonyl (C=O) groups is 2. The fourth-order valence-corrected chi connectivity index (χ4v) is 2.20. The molecule has 1 aliphatic heterocycles. The van der Waals surface area contributed by atoms with Crippen LogP contribution in [0.5, 0.6) is 0 Å². The van der Waals surface area contributed by atoms with E-state index in [2.05, 4.69) is 5.32 Å². The van der Waals surface area contributed by atoms with Crippen molar-refractivity contribution < 1.29 is 27.9 Å². The van der Waals surface area contributed by atoms with Gasteiger partial charge in [0, 0.05) is 12.2 Å². The minimum atomic E-state index is -4.44. The van der Waals surface area contributed by atoms with Crippen LogP contribution in [0.4, 0.5) is 23.7 Å². The number of hydrogen-bond acceptors (Lipinski definition) is 2. The van der Waals surface area contributed by atoms with Crippen LogP contribution in [0.2, 0.25) is 0 Å². The summed E-state index contributed by atoms with van der Waals surface area (Å²) in [6.45, 7) is 0.309. The first-order valence-electron chi connectivity index (χ1n) is 6.27. The number of alkyl halides is 3. The zero-order valence-electron chi connectivity index (χ0n) is 10.9. The zero-order chi connectivity index (χ0) is 15.6. The van der Waals surface area contributed by atoms with E-state index in [-0.39, 0.29) is 5.69 Å². The Balaban J connectivity index is 2.04. The van der Waals surface area contributed by atoms with Gasteiger partial charge in [-0.15, -0.1) is 0 Å². The van der Waals surface area contributed by atoms with Gasteiger partial charge in [-0.05, 0) is 37.1 Å².